The molecule has 44 heavy (non-hydrogen) atoms. The van der Waals surface area contributed by atoms with E-state index in [1.807, 2.05) is 42.5 Å². The molecule has 2 aromatic carbocycles. The Morgan fingerprint density at radius 3 is 2.00 bits per heavy atom. The van der Waals surface area contributed by atoms with Gasteiger partial charge in [0, 0.05) is 18.9 Å². The second-order valence-corrected chi connectivity index (χ2v) is 17.7. The topological polar surface area (TPSA) is 71.1 Å². The molecule has 234 valence electrons. The summed E-state index contributed by atoms with van der Waals surface area (Å²) in [6.45, 7) is 16.8. The van der Waals surface area contributed by atoms with Crippen molar-refractivity contribution in [2.24, 2.45) is 16.2 Å². The molecule has 0 saturated heterocycles. The third-order valence-electron chi connectivity index (χ3n) is 10.6. The zero-order valence-electron chi connectivity index (χ0n) is 27.0. The van der Waals surface area contributed by atoms with Crippen molar-refractivity contribution in [1.29, 1.82) is 0 Å². The number of carbonyl (C=O) groups is 2. The van der Waals surface area contributed by atoms with Gasteiger partial charge in [0.1, 0.15) is 11.4 Å². The molecule has 2 aromatic rings. The fraction of sp³-hybridized carbons (Fsp3) is 0.459. The van der Waals surface area contributed by atoms with Gasteiger partial charge in [-0.2, -0.15) is 0 Å². The molecule has 0 unspecified atom stereocenters. The van der Waals surface area contributed by atoms with E-state index in [9.17, 15) is 9.59 Å². The fourth-order valence-electron chi connectivity index (χ4n) is 9.49. The SMILES string of the molecule is C=CCC1=C(OC)[C@]2(CO[Si](c3ccccc3)(c3ccccc3)C(C)(C)C)CC(=O)[C@]3(C(=O)OCC)[C@](CC=C)(C1)[C@]23OC. The van der Waals surface area contributed by atoms with E-state index in [0.29, 0.717) is 25.0 Å². The first-order valence-electron chi connectivity index (χ1n) is 15.5. The summed E-state index contributed by atoms with van der Waals surface area (Å²) >= 11 is 0. The molecular weight excluding hydrogens is 568 g/mol. The Bertz CT molecular complexity index is 1440. The zero-order chi connectivity index (χ0) is 32.0. The van der Waals surface area contributed by atoms with Crippen LogP contribution in [0.4, 0.5) is 0 Å². The Kier molecular flexibility index (Phi) is 8.23. The van der Waals surface area contributed by atoms with Crippen LogP contribution in [0, 0.1) is 16.2 Å². The van der Waals surface area contributed by atoms with Gasteiger partial charge in [0.15, 0.2) is 11.2 Å². The average Bonchev–Trinajstić information content (AvgIpc) is 3.45. The van der Waals surface area contributed by atoms with Crippen LogP contribution in [-0.2, 0) is 28.2 Å². The van der Waals surface area contributed by atoms with Crippen molar-refractivity contribution < 1.29 is 28.2 Å². The highest BCUT2D eigenvalue weighted by Gasteiger charge is 3.03. The minimum absolute atomic E-state index is 0.0422. The molecule has 4 atom stereocenters. The van der Waals surface area contributed by atoms with Gasteiger partial charge in [-0.1, -0.05) is 93.6 Å². The lowest BCUT2D eigenvalue weighted by Crippen LogP contribution is -2.68. The van der Waals surface area contributed by atoms with Gasteiger partial charge in [0.05, 0.1) is 25.7 Å². The molecule has 0 N–H and O–H groups in total. The minimum atomic E-state index is -3.05. The first kappa shape index (κ1) is 32.1. The quantitative estimate of drug-likeness (QED) is 0.121. The fourth-order valence-corrected chi connectivity index (χ4v) is 14.1. The number of esters is 1. The van der Waals surface area contributed by atoms with Crippen molar-refractivity contribution in [2.45, 2.75) is 64.0 Å². The van der Waals surface area contributed by atoms with Gasteiger partial charge >= 0.3 is 5.97 Å². The number of allylic oxidation sites excluding steroid dienone is 3. The van der Waals surface area contributed by atoms with E-state index >= 15 is 0 Å². The molecule has 7 heteroatoms. The normalized spacial score (nSPS) is 29.2. The van der Waals surface area contributed by atoms with Crippen LogP contribution in [0.3, 0.4) is 0 Å². The van der Waals surface area contributed by atoms with E-state index in [4.69, 9.17) is 18.6 Å². The number of hydrogen-bond acceptors (Lipinski definition) is 6. The summed E-state index contributed by atoms with van der Waals surface area (Å²) < 4.78 is 26.1. The molecule has 0 bridgehead atoms. The van der Waals surface area contributed by atoms with Crippen molar-refractivity contribution in [3.05, 3.63) is 97.3 Å². The number of methoxy groups -OCH3 is 2. The lowest BCUT2D eigenvalue weighted by atomic mass is 9.64. The van der Waals surface area contributed by atoms with E-state index < -0.39 is 36.1 Å². The second kappa shape index (κ2) is 11.3. The van der Waals surface area contributed by atoms with Crippen molar-refractivity contribution >= 4 is 30.4 Å². The number of carbonyl (C=O) groups excluding carboxylic acids is 2. The average molecular weight is 615 g/mol. The molecule has 0 heterocycles. The van der Waals surface area contributed by atoms with E-state index in [1.165, 1.54) is 0 Å². The summed E-state index contributed by atoms with van der Waals surface area (Å²) in [6.07, 6.45) is 5.08. The van der Waals surface area contributed by atoms with Gasteiger partial charge in [0.2, 0.25) is 0 Å². The Balaban J connectivity index is 1.80. The van der Waals surface area contributed by atoms with Crippen LogP contribution in [0.2, 0.25) is 5.04 Å². The van der Waals surface area contributed by atoms with Crippen LogP contribution in [0.15, 0.2) is 97.3 Å². The molecule has 5 rings (SSSR count). The van der Waals surface area contributed by atoms with Crippen LogP contribution in [0.5, 0.6) is 0 Å². The van der Waals surface area contributed by atoms with Crippen LogP contribution in [0.1, 0.15) is 53.4 Å². The maximum Gasteiger partial charge on any atom is 0.323 e. The number of benzene rings is 2. The summed E-state index contributed by atoms with van der Waals surface area (Å²) in [6, 6.07) is 20.8. The molecular formula is C37H46O6Si. The third-order valence-corrected chi connectivity index (χ3v) is 15.6. The smallest absolute Gasteiger partial charge is 0.323 e. The standard InChI is InChI=1S/C37H46O6Si/c1-9-18-27-24-35(23-10-2)36(32(39)42-11-3)30(38)25-34(31(27)40-7,37(35,36)41-8)26-43-44(33(4,5)6,28-19-14-12-15-20-28)29-21-16-13-17-22-29/h9-10,12-17,19-22H,1-2,11,18,23-26H2,3-8H3/t34-,35+,36+,37-/m1/s1. The number of fused-ring (bicyclic) bond motifs is 1. The number of ether oxygens (including phenoxy) is 3. The van der Waals surface area contributed by atoms with Crippen LogP contribution in [0.25, 0.3) is 0 Å². The van der Waals surface area contributed by atoms with E-state index in [0.717, 1.165) is 15.9 Å². The molecule has 6 nitrogen and oxygen atoms in total. The van der Waals surface area contributed by atoms with Gasteiger partial charge in [-0.15, -0.1) is 13.2 Å². The first-order valence-corrected chi connectivity index (χ1v) is 17.4. The van der Waals surface area contributed by atoms with Crippen molar-refractivity contribution in [1.82, 2.24) is 0 Å². The Labute approximate surface area is 263 Å². The second-order valence-electron chi connectivity index (χ2n) is 13.4. The predicted molar refractivity (Wildman–Crippen MR) is 175 cm³/mol. The van der Waals surface area contributed by atoms with Crippen LogP contribution < -0.4 is 10.4 Å². The molecule has 0 aromatic heterocycles. The maximum atomic E-state index is 14.5. The summed E-state index contributed by atoms with van der Waals surface area (Å²) in [5.41, 5.74) is -3.69. The Hall–Kier alpha value is -3.26. The molecule has 0 spiro atoms. The number of Topliss-reactive ketones (excluding diaryl/α,β-unsaturated/α-hetero) is 1. The lowest BCUT2D eigenvalue weighted by Gasteiger charge is -2.50. The summed E-state index contributed by atoms with van der Waals surface area (Å²) in [4.78, 5) is 28.7. The largest absolute Gasteiger partial charge is 0.500 e. The monoisotopic (exact) mass is 614 g/mol. The van der Waals surface area contributed by atoms with Gasteiger partial charge in [-0.05, 0) is 47.2 Å². The predicted octanol–water partition coefficient (Wildman–Crippen LogP) is 5.91. The Morgan fingerprint density at radius 1 is 0.955 bits per heavy atom. The molecule has 0 amide bonds. The number of hydrogen-bond donors (Lipinski definition) is 0. The van der Waals surface area contributed by atoms with Crippen molar-refractivity contribution in [3.8, 4) is 0 Å². The Morgan fingerprint density at radius 2 is 1.55 bits per heavy atom. The van der Waals surface area contributed by atoms with Crippen LogP contribution in [-0.4, -0.2) is 53.1 Å². The van der Waals surface area contributed by atoms with Gasteiger partial charge in [-0.25, -0.2) is 0 Å². The highest BCUT2D eigenvalue weighted by atomic mass is 28.4. The van der Waals surface area contributed by atoms with E-state index in [-0.39, 0.29) is 30.5 Å². The minimum Gasteiger partial charge on any atom is -0.500 e. The first-order chi connectivity index (χ1) is 21.0. The van der Waals surface area contributed by atoms with Gasteiger partial charge in [0.25, 0.3) is 8.32 Å². The summed E-state index contributed by atoms with van der Waals surface area (Å²) in [5.74, 6) is -0.0527. The molecule has 2 fully saturated rings. The van der Waals surface area contributed by atoms with Crippen LogP contribution >= 0.6 is 0 Å². The summed E-state index contributed by atoms with van der Waals surface area (Å²) in [7, 11) is 0.204. The van der Waals surface area contributed by atoms with E-state index in [1.54, 1.807) is 27.2 Å². The van der Waals surface area contributed by atoms with Gasteiger partial charge < -0.3 is 18.6 Å². The highest BCUT2D eigenvalue weighted by molar-refractivity contribution is 6.99. The third kappa shape index (κ3) is 3.72. The number of rotatable bonds is 13. The zero-order valence-corrected chi connectivity index (χ0v) is 28.0. The number of ketones is 1. The van der Waals surface area contributed by atoms with Crippen molar-refractivity contribution in [3.63, 3.8) is 0 Å². The maximum absolute atomic E-state index is 14.5. The highest BCUT2D eigenvalue weighted by Crippen LogP contribution is 2.91. The van der Waals surface area contributed by atoms with Crippen molar-refractivity contribution in [2.75, 3.05) is 27.4 Å². The summed E-state index contributed by atoms with van der Waals surface area (Å²) in [5, 5.41) is 1.95. The molecule has 3 aliphatic rings. The molecule has 0 aliphatic heterocycles. The van der Waals surface area contributed by atoms with E-state index in [2.05, 4.69) is 58.2 Å². The molecule has 0 radical (unpaired) electrons. The molecule has 2 saturated carbocycles. The lowest BCUT2D eigenvalue weighted by molar-refractivity contribution is -0.157. The van der Waals surface area contributed by atoms with Gasteiger partial charge in [-0.3, -0.25) is 9.59 Å². The molecule has 3 aliphatic carbocycles.